The molecule has 0 aliphatic carbocycles. The van der Waals surface area contributed by atoms with Gasteiger partial charge in [-0.1, -0.05) is 64.7 Å². The fourth-order valence-electron chi connectivity index (χ4n) is 1.89. The van der Waals surface area contributed by atoms with Crippen molar-refractivity contribution >= 4 is 26.0 Å². The highest BCUT2D eigenvalue weighted by molar-refractivity contribution is 7.80. The molecule has 0 aromatic carbocycles. The number of hydrogen-bond donors (Lipinski definition) is 5. The fraction of sp³-hybridized carbons (Fsp3) is 1.00. The lowest BCUT2D eigenvalue weighted by molar-refractivity contribution is 0.225. The quantitative estimate of drug-likeness (QED) is 0.150. The van der Waals surface area contributed by atoms with Gasteiger partial charge in [-0.05, 0) is 6.42 Å². The van der Waals surface area contributed by atoms with Gasteiger partial charge in [-0.25, -0.2) is 13.3 Å². The van der Waals surface area contributed by atoms with Crippen molar-refractivity contribution in [2.75, 3.05) is 6.61 Å². The van der Waals surface area contributed by atoms with Gasteiger partial charge >= 0.3 is 26.0 Å². The predicted molar refractivity (Wildman–Crippen MR) is 94.5 cm³/mol. The van der Waals surface area contributed by atoms with Crippen LogP contribution in [-0.2, 0) is 28.0 Å². The Morgan fingerprint density at radius 1 is 0.731 bits per heavy atom. The summed E-state index contributed by atoms with van der Waals surface area (Å²) in [6.45, 7) is 2.31. The first-order chi connectivity index (χ1) is 11.8. The van der Waals surface area contributed by atoms with Crippen LogP contribution in [0.5, 0.6) is 0 Å². The van der Waals surface area contributed by atoms with E-state index in [1.54, 1.807) is 0 Å². The Hall–Kier alpha value is 0.130. The summed E-state index contributed by atoms with van der Waals surface area (Å²) in [5.41, 5.74) is 0. The van der Waals surface area contributed by atoms with E-state index in [4.69, 9.17) is 24.1 Å². The molecule has 0 heterocycles. The summed E-state index contributed by atoms with van der Waals surface area (Å²) in [5, 5.41) is 0. The molecule has 0 rings (SSSR count). The summed E-state index contributed by atoms with van der Waals surface area (Å²) in [4.78, 5) is 31.0. The number of phosphoric acid groups is 2. The van der Waals surface area contributed by atoms with Crippen molar-refractivity contribution < 1.29 is 50.2 Å². The highest BCUT2D eigenvalue weighted by Crippen LogP contribution is 2.53. The molecule has 0 amide bonds. The Morgan fingerprint density at radius 3 is 1.35 bits per heavy atom. The summed E-state index contributed by atoms with van der Waals surface area (Å²) in [5.74, 6) is 0. The monoisotopic (exact) mass is 444 g/mol. The molecule has 0 aromatic rings. The van der Waals surface area contributed by atoms with Crippen LogP contribution in [0.25, 0.3) is 0 Å². The van der Waals surface area contributed by atoms with Crippen LogP contribution >= 0.6 is 15.6 Å². The first kappa shape index (κ1) is 28.3. The molecule has 0 bridgehead atoms. The minimum atomic E-state index is -5.05. The third-order valence-corrected chi connectivity index (χ3v) is 5.11. The van der Waals surface area contributed by atoms with E-state index in [1.807, 2.05) is 0 Å². The molecule has 0 aliphatic heterocycles. The Morgan fingerprint density at radius 2 is 1.08 bits per heavy atom. The Kier molecular flexibility index (Phi) is 16.5. The molecule has 0 aromatic heterocycles. The zero-order chi connectivity index (χ0) is 20.7. The summed E-state index contributed by atoms with van der Waals surface area (Å²) in [6, 6.07) is 0. The molecule has 14 heteroatoms. The molecule has 11 nitrogen and oxygen atoms in total. The van der Waals surface area contributed by atoms with Crippen molar-refractivity contribution in [2.45, 2.75) is 71.1 Å². The SMILES string of the molecule is CCCCCCCCCCCCOS(=O)(=O)O.O=P(O)(O)OP(=O)(O)O. The zero-order valence-corrected chi connectivity index (χ0v) is 17.4. The van der Waals surface area contributed by atoms with E-state index in [0.717, 1.165) is 12.8 Å². The molecule has 0 saturated heterocycles. The normalized spacial score (nSPS) is 12.5. The van der Waals surface area contributed by atoms with E-state index < -0.39 is 26.0 Å². The van der Waals surface area contributed by atoms with Gasteiger partial charge in [-0.2, -0.15) is 12.7 Å². The molecule has 0 atom stereocenters. The second kappa shape index (κ2) is 15.1. The Labute approximate surface area is 154 Å². The lowest BCUT2D eigenvalue weighted by atomic mass is 10.1. The largest absolute Gasteiger partial charge is 0.478 e. The van der Waals surface area contributed by atoms with Crippen LogP contribution in [0, 0.1) is 0 Å². The lowest BCUT2D eigenvalue weighted by Gasteiger charge is -2.03. The molecule has 0 unspecified atom stereocenters. The van der Waals surface area contributed by atoms with Gasteiger partial charge < -0.3 is 19.6 Å². The predicted octanol–water partition coefficient (Wildman–Crippen LogP) is 2.92. The minimum Gasteiger partial charge on any atom is -0.302 e. The van der Waals surface area contributed by atoms with Gasteiger partial charge in [-0.15, -0.1) is 0 Å². The van der Waals surface area contributed by atoms with Crippen LogP contribution in [0.3, 0.4) is 0 Å². The van der Waals surface area contributed by atoms with Gasteiger partial charge in [0.15, 0.2) is 0 Å². The Bertz CT molecular complexity index is 505. The average Bonchev–Trinajstić information content (AvgIpc) is 2.40. The van der Waals surface area contributed by atoms with E-state index >= 15 is 0 Å². The molecule has 0 aliphatic rings. The van der Waals surface area contributed by atoms with Gasteiger partial charge in [0, 0.05) is 0 Å². The molecular formula is C12H30O11P2S. The highest BCUT2D eigenvalue weighted by Gasteiger charge is 2.27. The smallest absolute Gasteiger partial charge is 0.302 e. The van der Waals surface area contributed by atoms with E-state index in [0.29, 0.717) is 6.42 Å². The summed E-state index contributed by atoms with van der Waals surface area (Å²) < 4.78 is 55.2. The standard InChI is InChI=1S/C12H26O4S.H4O7P2/c1-2-3-4-5-6-7-8-9-10-11-12-16-17(13,14)15;1-8(2,3)7-9(4,5)6/h2-12H2,1H3,(H,13,14,15);(H2,1,2,3)(H2,4,5,6). The van der Waals surface area contributed by atoms with Gasteiger partial charge in [0.2, 0.25) is 0 Å². The number of hydrogen-bond acceptors (Lipinski definition) is 6. The highest BCUT2D eigenvalue weighted by atomic mass is 32.3. The molecule has 26 heavy (non-hydrogen) atoms. The molecule has 5 N–H and O–H groups in total. The molecule has 160 valence electrons. The van der Waals surface area contributed by atoms with Crippen molar-refractivity contribution in [3.05, 3.63) is 0 Å². The maximum absolute atomic E-state index is 10.2. The average molecular weight is 444 g/mol. The van der Waals surface area contributed by atoms with Gasteiger partial charge in [-0.3, -0.25) is 4.55 Å². The van der Waals surface area contributed by atoms with Crippen molar-refractivity contribution in [2.24, 2.45) is 0 Å². The van der Waals surface area contributed by atoms with Gasteiger partial charge in [0.25, 0.3) is 0 Å². The lowest BCUT2D eigenvalue weighted by Crippen LogP contribution is -2.04. The van der Waals surface area contributed by atoms with Crippen LogP contribution in [0.4, 0.5) is 0 Å². The van der Waals surface area contributed by atoms with Crippen LogP contribution in [0.15, 0.2) is 0 Å². The van der Waals surface area contributed by atoms with E-state index in [2.05, 4.69) is 15.4 Å². The second-order valence-electron chi connectivity index (χ2n) is 5.49. The van der Waals surface area contributed by atoms with E-state index in [9.17, 15) is 17.5 Å². The molecule has 0 spiro atoms. The minimum absolute atomic E-state index is 0.0926. The van der Waals surface area contributed by atoms with Crippen LogP contribution < -0.4 is 0 Å². The first-order valence-corrected chi connectivity index (χ1v) is 12.6. The topological polar surface area (TPSA) is 188 Å². The molecule has 0 saturated carbocycles. The Balaban J connectivity index is 0. The first-order valence-electron chi connectivity index (χ1n) is 8.21. The van der Waals surface area contributed by atoms with Crippen molar-refractivity contribution in [3.63, 3.8) is 0 Å². The molecular weight excluding hydrogens is 414 g/mol. The summed E-state index contributed by atoms with van der Waals surface area (Å²) in [7, 11) is -14.3. The third-order valence-electron chi connectivity index (χ3n) is 2.94. The third kappa shape index (κ3) is 31.9. The van der Waals surface area contributed by atoms with Gasteiger partial charge in [0.1, 0.15) is 0 Å². The van der Waals surface area contributed by atoms with Crippen LogP contribution in [-0.4, -0.2) is 39.2 Å². The van der Waals surface area contributed by atoms with E-state index in [-0.39, 0.29) is 6.61 Å². The van der Waals surface area contributed by atoms with Crippen molar-refractivity contribution in [1.82, 2.24) is 0 Å². The number of rotatable bonds is 14. The summed E-state index contributed by atoms with van der Waals surface area (Å²) >= 11 is 0. The molecule has 0 fully saturated rings. The van der Waals surface area contributed by atoms with Crippen molar-refractivity contribution in [1.29, 1.82) is 0 Å². The van der Waals surface area contributed by atoms with Gasteiger partial charge in [0.05, 0.1) is 6.61 Å². The maximum Gasteiger partial charge on any atom is 0.478 e. The zero-order valence-electron chi connectivity index (χ0n) is 14.8. The summed E-state index contributed by atoms with van der Waals surface area (Å²) in [6.07, 6.45) is 11.9. The molecule has 0 radical (unpaired) electrons. The fourth-order valence-corrected chi connectivity index (χ4v) is 3.33. The van der Waals surface area contributed by atoms with E-state index in [1.165, 1.54) is 44.9 Å². The van der Waals surface area contributed by atoms with Crippen LogP contribution in [0.1, 0.15) is 71.1 Å². The number of unbranched alkanes of at least 4 members (excludes halogenated alkanes) is 9. The second-order valence-corrected chi connectivity index (χ2v) is 9.20. The van der Waals surface area contributed by atoms with Crippen molar-refractivity contribution in [3.8, 4) is 0 Å². The van der Waals surface area contributed by atoms with Crippen LogP contribution in [0.2, 0.25) is 0 Å². The maximum atomic E-state index is 10.2.